The first kappa shape index (κ1) is 10.4. The van der Waals surface area contributed by atoms with E-state index >= 15 is 0 Å². The fraction of sp³-hybridized carbons (Fsp3) is 0.111. The summed E-state index contributed by atoms with van der Waals surface area (Å²) in [5, 5.41) is 4.28. The van der Waals surface area contributed by atoms with Crippen LogP contribution in [0.3, 0.4) is 0 Å². The van der Waals surface area contributed by atoms with E-state index in [1.54, 1.807) is 0 Å². The van der Waals surface area contributed by atoms with Crippen LogP contribution in [0.1, 0.15) is 5.56 Å². The van der Waals surface area contributed by atoms with Crippen LogP contribution in [0.5, 0.6) is 0 Å². The first-order valence-corrected chi connectivity index (χ1v) is 5.03. The van der Waals surface area contributed by atoms with Crippen LogP contribution in [0.4, 0.5) is 4.39 Å². The highest BCUT2D eigenvalue weighted by molar-refractivity contribution is 6.30. The molecule has 0 saturated carbocycles. The maximum Gasteiger partial charge on any atom is 0.190 e. The fourth-order valence-electron chi connectivity index (χ4n) is 1.15. The van der Waals surface area contributed by atoms with Gasteiger partial charge in [0.1, 0.15) is 0 Å². The standard InChI is InChI=1S/C9H6Cl2FN3/c10-3-6-1-2-13-9(8(6)12)15-5-7(11)4-14-15/h1-2,4-5H,3H2. The molecule has 6 heteroatoms. The second kappa shape index (κ2) is 4.16. The second-order valence-electron chi connectivity index (χ2n) is 2.84. The molecule has 2 aromatic heterocycles. The normalized spacial score (nSPS) is 10.6. The minimum atomic E-state index is -0.479. The molecule has 0 saturated heterocycles. The van der Waals surface area contributed by atoms with Crippen LogP contribution in [-0.4, -0.2) is 14.8 Å². The highest BCUT2D eigenvalue weighted by Gasteiger charge is 2.11. The zero-order valence-corrected chi connectivity index (χ0v) is 9.00. The first-order valence-electron chi connectivity index (χ1n) is 4.12. The Morgan fingerprint density at radius 3 is 2.87 bits per heavy atom. The van der Waals surface area contributed by atoms with E-state index < -0.39 is 5.82 Å². The number of alkyl halides is 1. The predicted molar refractivity (Wildman–Crippen MR) is 55.9 cm³/mol. The van der Waals surface area contributed by atoms with Crippen LogP contribution in [-0.2, 0) is 5.88 Å². The quantitative estimate of drug-likeness (QED) is 0.763. The molecule has 15 heavy (non-hydrogen) atoms. The SMILES string of the molecule is Fc1c(CCl)ccnc1-n1cc(Cl)cn1. The lowest BCUT2D eigenvalue weighted by Gasteiger charge is -2.04. The van der Waals surface area contributed by atoms with Gasteiger partial charge < -0.3 is 0 Å². The van der Waals surface area contributed by atoms with Crippen molar-refractivity contribution in [1.82, 2.24) is 14.8 Å². The highest BCUT2D eigenvalue weighted by Crippen LogP contribution is 2.17. The Labute approximate surface area is 95.5 Å². The van der Waals surface area contributed by atoms with Crippen LogP contribution in [0.2, 0.25) is 5.02 Å². The van der Waals surface area contributed by atoms with E-state index in [0.717, 1.165) is 0 Å². The number of halogens is 3. The van der Waals surface area contributed by atoms with Gasteiger partial charge in [-0.2, -0.15) is 5.10 Å². The van der Waals surface area contributed by atoms with Crippen LogP contribution in [0, 0.1) is 5.82 Å². The first-order chi connectivity index (χ1) is 7.22. The number of hydrogen-bond donors (Lipinski definition) is 0. The summed E-state index contributed by atoms with van der Waals surface area (Å²) in [7, 11) is 0. The van der Waals surface area contributed by atoms with Gasteiger partial charge in [-0.1, -0.05) is 11.6 Å². The van der Waals surface area contributed by atoms with E-state index in [9.17, 15) is 4.39 Å². The zero-order chi connectivity index (χ0) is 10.8. The number of rotatable bonds is 2. The molecule has 0 radical (unpaired) electrons. The van der Waals surface area contributed by atoms with Gasteiger partial charge in [0, 0.05) is 11.8 Å². The lowest BCUT2D eigenvalue weighted by molar-refractivity contribution is 0.590. The molecular formula is C9H6Cl2FN3. The summed E-state index contributed by atoms with van der Waals surface area (Å²) >= 11 is 11.3. The Balaban J connectivity index is 2.53. The van der Waals surface area contributed by atoms with Gasteiger partial charge in [0.25, 0.3) is 0 Å². The summed E-state index contributed by atoms with van der Waals surface area (Å²) in [4.78, 5) is 3.88. The van der Waals surface area contributed by atoms with Crippen molar-refractivity contribution < 1.29 is 4.39 Å². The predicted octanol–water partition coefficient (Wildman–Crippen LogP) is 2.80. The molecule has 0 atom stereocenters. The van der Waals surface area contributed by atoms with Crippen molar-refractivity contribution in [1.29, 1.82) is 0 Å². The third kappa shape index (κ3) is 1.96. The monoisotopic (exact) mass is 245 g/mol. The molecule has 0 aromatic carbocycles. The summed E-state index contributed by atoms with van der Waals surface area (Å²) < 4.78 is 15.0. The molecule has 2 aromatic rings. The minimum Gasteiger partial charge on any atom is -0.235 e. The maximum atomic E-state index is 13.7. The molecule has 0 unspecified atom stereocenters. The van der Waals surface area contributed by atoms with E-state index in [1.807, 2.05) is 0 Å². The minimum absolute atomic E-state index is 0.0936. The smallest absolute Gasteiger partial charge is 0.190 e. The van der Waals surface area contributed by atoms with Gasteiger partial charge >= 0.3 is 0 Å². The Hall–Kier alpha value is -1.13. The van der Waals surface area contributed by atoms with Gasteiger partial charge in [-0.15, -0.1) is 11.6 Å². The van der Waals surface area contributed by atoms with Gasteiger partial charge in [-0.05, 0) is 6.07 Å². The molecule has 0 N–H and O–H groups in total. The second-order valence-corrected chi connectivity index (χ2v) is 3.55. The van der Waals surface area contributed by atoms with Crippen molar-refractivity contribution in [2.24, 2.45) is 0 Å². The van der Waals surface area contributed by atoms with Crippen LogP contribution in [0.25, 0.3) is 5.82 Å². The Kier molecular flexibility index (Phi) is 2.88. The van der Waals surface area contributed by atoms with Gasteiger partial charge in [0.15, 0.2) is 11.6 Å². The lowest BCUT2D eigenvalue weighted by Crippen LogP contribution is -2.03. The fourth-order valence-corrected chi connectivity index (χ4v) is 1.49. The Morgan fingerprint density at radius 2 is 2.27 bits per heavy atom. The number of aromatic nitrogens is 3. The topological polar surface area (TPSA) is 30.7 Å². The zero-order valence-electron chi connectivity index (χ0n) is 7.49. The number of nitrogens with zero attached hydrogens (tertiary/aromatic N) is 3. The molecule has 2 heterocycles. The molecule has 0 amide bonds. The lowest BCUT2D eigenvalue weighted by atomic mass is 10.3. The summed E-state index contributed by atoms with van der Waals surface area (Å²) in [6, 6.07) is 1.52. The van der Waals surface area contributed by atoms with Crippen LogP contribution in [0.15, 0.2) is 24.7 Å². The van der Waals surface area contributed by atoms with E-state index in [1.165, 1.54) is 29.3 Å². The third-order valence-electron chi connectivity index (χ3n) is 1.86. The molecule has 0 aliphatic carbocycles. The van der Waals surface area contributed by atoms with Gasteiger partial charge in [0.05, 0.1) is 23.3 Å². The van der Waals surface area contributed by atoms with Crippen molar-refractivity contribution in [2.45, 2.75) is 5.88 Å². The summed E-state index contributed by atoms with van der Waals surface area (Å²) in [6.45, 7) is 0. The maximum absolute atomic E-state index is 13.7. The average Bonchev–Trinajstić information content (AvgIpc) is 2.65. The van der Waals surface area contributed by atoms with E-state index in [0.29, 0.717) is 10.6 Å². The van der Waals surface area contributed by atoms with E-state index in [-0.39, 0.29) is 11.7 Å². The van der Waals surface area contributed by atoms with Crippen LogP contribution >= 0.6 is 23.2 Å². The van der Waals surface area contributed by atoms with Gasteiger partial charge in [-0.25, -0.2) is 14.1 Å². The average molecular weight is 246 g/mol. The van der Waals surface area contributed by atoms with Crippen molar-refractivity contribution in [3.63, 3.8) is 0 Å². The summed E-state index contributed by atoms with van der Waals surface area (Å²) in [6.07, 6.45) is 4.37. The molecule has 0 aliphatic rings. The van der Waals surface area contributed by atoms with E-state index in [4.69, 9.17) is 23.2 Å². The summed E-state index contributed by atoms with van der Waals surface area (Å²) in [5.74, 6) is -0.289. The number of pyridine rings is 1. The Bertz CT molecular complexity index is 484. The molecule has 0 spiro atoms. The molecule has 3 nitrogen and oxygen atoms in total. The Morgan fingerprint density at radius 1 is 1.47 bits per heavy atom. The van der Waals surface area contributed by atoms with Crippen molar-refractivity contribution in [2.75, 3.05) is 0 Å². The van der Waals surface area contributed by atoms with E-state index in [2.05, 4.69) is 10.1 Å². The third-order valence-corrected chi connectivity index (χ3v) is 2.35. The van der Waals surface area contributed by atoms with Crippen LogP contribution < -0.4 is 0 Å². The molecule has 0 fully saturated rings. The van der Waals surface area contributed by atoms with Gasteiger partial charge in [-0.3, -0.25) is 0 Å². The molecular weight excluding hydrogens is 240 g/mol. The van der Waals surface area contributed by atoms with Crippen molar-refractivity contribution in [3.8, 4) is 5.82 Å². The van der Waals surface area contributed by atoms with Crippen molar-refractivity contribution in [3.05, 3.63) is 41.1 Å². The largest absolute Gasteiger partial charge is 0.235 e. The molecule has 0 bridgehead atoms. The van der Waals surface area contributed by atoms with Crippen molar-refractivity contribution >= 4 is 23.2 Å². The highest BCUT2D eigenvalue weighted by atomic mass is 35.5. The molecule has 78 valence electrons. The molecule has 2 rings (SSSR count). The molecule has 0 aliphatic heterocycles. The summed E-state index contributed by atoms with van der Waals surface area (Å²) in [5.41, 5.74) is 0.383. The van der Waals surface area contributed by atoms with Gasteiger partial charge in [0.2, 0.25) is 0 Å². The number of hydrogen-bond acceptors (Lipinski definition) is 2.